The van der Waals surface area contributed by atoms with E-state index in [4.69, 9.17) is 33.2 Å². The number of benzene rings is 5. The summed E-state index contributed by atoms with van der Waals surface area (Å²) in [4.78, 5) is 30.2. The van der Waals surface area contributed by atoms with Crippen LogP contribution in [-0.2, 0) is 51.2 Å². The van der Waals surface area contributed by atoms with Gasteiger partial charge in [0.25, 0.3) is 5.90 Å². The highest BCUT2D eigenvalue weighted by molar-refractivity contribution is 5.84. The van der Waals surface area contributed by atoms with Crippen LogP contribution < -0.4 is 0 Å². The Bertz CT molecular complexity index is 2120. The maximum atomic E-state index is 14.7. The van der Waals surface area contributed by atoms with E-state index >= 15 is 0 Å². The molecule has 0 N–H and O–H groups in total. The highest BCUT2D eigenvalue weighted by atomic mass is 19.4. The summed E-state index contributed by atoms with van der Waals surface area (Å²) in [6.45, 7) is 0.690. The molecule has 0 spiro atoms. The highest BCUT2D eigenvalue weighted by Crippen LogP contribution is 2.44. The van der Waals surface area contributed by atoms with E-state index in [1.807, 2.05) is 78.9 Å². The summed E-state index contributed by atoms with van der Waals surface area (Å²) in [5.74, 6) is -2.79. The SMILES string of the molecule is CC(=O)O[C@H]1[C@H](OCc2ccccc2)[C@H](OC(=O)OCC2c3ccccc3-c3ccccc32)C(OC(=Nc2ccccc2)C(F)(F)F)O[C@@H]1COCc1ccccc1. The largest absolute Gasteiger partial charge is 0.508 e. The third-order valence-electron chi connectivity index (χ3n) is 9.59. The van der Waals surface area contributed by atoms with Crippen LogP contribution in [0.4, 0.5) is 23.7 Å². The smallest absolute Gasteiger partial charge is 0.457 e. The van der Waals surface area contributed by atoms with Gasteiger partial charge < -0.3 is 33.2 Å². The lowest BCUT2D eigenvalue weighted by molar-refractivity contribution is -0.300. The molecule has 0 radical (unpaired) electrons. The molecule has 58 heavy (non-hydrogen) atoms. The fraction of sp³-hybridized carbons (Fsp3) is 0.267. The number of hydrogen-bond acceptors (Lipinski definition) is 10. The second-order valence-corrected chi connectivity index (χ2v) is 13.6. The van der Waals surface area contributed by atoms with Crippen molar-refractivity contribution >= 4 is 23.7 Å². The van der Waals surface area contributed by atoms with Crippen LogP contribution in [0.15, 0.2) is 145 Å². The van der Waals surface area contributed by atoms with E-state index in [2.05, 4.69) is 4.99 Å². The van der Waals surface area contributed by atoms with Gasteiger partial charge in [0, 0.05) is 12.8 Å². The molecule has 7 rings (SSSR count). The van der Waals surface area contributed by atoms with E-state index in [1.165, 1.54) is 24.3 Å². The van der Waals surface area contributed by atoms with Gasteiger partial charge in [-0.15, -0.1) is 0 Å². The second-order valence-electron chi connectivity index (χ2n) is 13.6. The number of hydrogen-bond donors (Lipinski definition) is 0. The van der Waals surface area contributed by atoms with Gasteiger partial charge in [-0.2, -0.15) is 13.2 Å². The first-order chi connectivity index (χ1) is 28.1. The molecule has 1 heterocycles. The zero-order valence-electron chi connectivity index (χ0n) is 31.3. The molecule has 300 valence electrons. The van der Waals surface area contributed by atoms with Gasteiger partial charge in [-0.05, 0) is 45.5 Å². The van der Waals surface area contributed by atoms with E-state index < -0.39 is 54.9 Å². The quantitative estimate of drug-likeness (QED) is 0.0655. The molecule has 5 aromatic rings. The Hall–Kier alpha value is -6.02. The topological polar surface area (TPSA) is 111 Å². The molecular formula is C45H40F3NO9. The van der Waals surface area contributed by atoms with Crippen LogP contribution in [0.5, 0.6) is 0 Å². The minimum atomic E-state index is -5.13. The van der Waals surface area contributed by atoms with Crippen LogP contribution in [0, 0.1) is 0 Å². The summed E-state index contributed by atoms with van der Waals surface area (Å²) >= 11 is 0. The summed E-state index contributed by atoms with van der Waals surface area (Å²) in [6.07, 6.45) is -14.3. The van der Waals surface area contributed by atoms with E-state index in [0.29, 0.717) is 5.56 Å². The molecule has 0 aromatic heterocycles. The number of halogens is 3. The Morgan fingerprint density at radius 3 is 1.78 bits per heavy atom. The van der Waals surface area contributed by atoms with Crippen molar-refractivity contribution in [1.82, 2.24) is 0 Å². The predicted molar refractivity (Wildman–Crippen MR) is 206 cm³/mol. The Kier molecular flexibility index (Phi) is 12.8. The molecular weight excluding hydrogens is 755 g/mol. The fourth-order valence-corrected chi connectivity index (χ4v) is 7.01. The van der Waals surface area contributed by atoms with Gasteiger partial charge >= 0.3 is 18.3 Å². The molecule has 0 amide bonds. The third kappa shape index (κ3) is 9.91. The van der Waals surface area contributed by atoms with E-state index in [9.17, 15) is 22.8 Å². The number of nitrogens with zero attached hydrogens (tertiary/aromatic N) is 1. The van der Waals surface area contributed by atoms with E-state index in [0.717, 1.165) is 34.7 Å². The number of rotatable bonds is 13. The normalized spacial score (nSPS) is 20.4. The Morgan fingerprint density at radius 2 is 1.19 bits per heavy atom. The number of carbonyl (C=O) groups excluding carboxylic acids is 2. The lowest BCUT2D eigenvalue weighted by Crippen LogP contribution is -2.63. The van der Waals surface area contributed by atoms with Gasteiger partial charge in [0.05, 0.1) is 25.5 Å². The molecule has 5 aromatic carbocycles. The molecule has 0 bridgehead atoms. The van der Waals surface area contributed by atoms with Crippen molar-refractivity contribution in [3.8, 4) is 11.1 Å². The molecule has 1 fully saturated rings. The standard InChI is InChI=1S/C45H40F3NO9/c1-29(50)55-39-38(28-52-25-30-15-5-2-6-16-30)56-42(58-43(45(46,47)48)49-32-19-9-4-10-20-32)41(40(39)53-26-31-17-7-3-8-18-31)57-44(51)54-27-37-35-23-13-11-21-33(35)34-22-12-14-24-36(34)37/h2-24,37-42H,25-28H2,1H3/t38-,39-,40+,41+,42?/m1/s1. The lowest BCUT2D eigenvalue weighted by atomic mass is 9.98. The molecule has 2 aliphatic rings. The number of alkyl halides is 3. The lowest BCUT2D eigenvalue weighted by Gasteiger charge is -2.44. The van der Waals surface area contributed by atoms with Gasteiger partial charge in [-0.3, -0.25) is 4.79 Å². The van der Waals surface area contributed by atoms with Crippen LogP contribution in [0.25, 0.3) is 11.1 Å². The summed E-state index contributed by atoms with van der Waals surface area (Å²) < 4.78 is 85.5. The average molecular weight is 796 g/mol. The molecule has 1 unspecified atom stereocenters. The molecule has 1 aliphatic heterocycles. The summed E-state index contributed by atoms with van der Waals surface area (Å²) in [5, 5.41) is 0. The molecule has 13 heteroatoms. The molecule has 10 nitrogen and oxygen atoms in total. The van der Waals surface area contributed by atoms with Crippen molar-refractivity contribution < 1.29 is 55.9 Å². The van der Waals surface area contributed by atoms with Crippen molar-refractivity contribution in [3.63, 3.8) is 0 Å². The van der Waals surface area contributed by atoms with Gasteiger partial charge in [0.15, 0.2) is 12.2 Å². The van der Waals surface area contributed by atoms with E-state index in [-0.39, 0.29) is 38.0 Å². The first kappa shape index (κ1) is 40.2. The summed E-state index contributed by atoms with van der Waals surface area (Å²) in [7, 11) is 0. The highest BCUT2D eigenvalue weighted by Gasteiger charge is 2.54. The first-order valence-corrected chi connectivity index (χ1v) is 18.6. The van der Waals surface area contributed by atoms with Crippen molar-refractivity contribution in [3.05, 3.63) is 162 Å². The number of ether oxygens (including phenoxy) is 7. The van der Waals surface area contributed by atoms with Crippen LogP contribution in [0.3, 0.4) is 0 Å². The number of para-hydroxylation sites is 1. The van der Waals surface area contributed by atoms with Gasteiger partial charge in [0.2, 0.25) is 6.29 Å². The van der Waals surface area contributed by atoms with Crippen LogP contribution in [-0.4, -0.2) is 68.1 Å². The van der Waals surface area contributed by atoms with Crippen molar-refractivity contribution in [2.45, 2.75) is 62.9 Å². The first-order valence-electron chi connectivity index (χ1n) is 18.6. The van der Waals surface area contributed by atoms with E-state index in [1.54, 1.807) is 36.4 Å². The van der Waals surface area contributed by atoms with Gasteiger partial charge in [-0.1, -0.05) is 127 Å². The summed E-state index contributed by atoms with van der Waals surface area (Å²) in [5.41, 5.74) is 5.27. The zero-order valence-corrected chi connectivity index (χ0v) is 31.3. The van der Waals surface area contributed by atoms with Crippen LogP contribution in [0.1, 0.15) is 35.1 Å². The van der Waals surface area contributed by atoms with Crippen molar-refractivity contribution in [2.75, 3.05) is 13.2 Å². The molecule has 0 saturated carbocycles. The minimum Gasteiger partial charge on any atom is -0.457 e. The zero-order chi connectivity index (χ0) is 40.5. The van der Waals surface area contributed by atoms with Crippen molar-refractivity contribution in [2.24, 2.45) is 4.99 Å². The predicted octanol–water partition coefficient (Wildman–Crippen LogP) is 9.09. The maximum Gasteiger partial charge on any atom is 0.508 e. The molecule has 1 aliphatic carbocycles. The Labute approximate surface area is 333 Å². The second kappa shape index (κ2) is 18.5. The molecule has 1 saturated heterocycles. The van der Waals surface area contributed by atoms with Crippen LogP contribution in [0.2, 0.25) is 0 Å². The van der Waals surface area contributed by atoms with Gasteiger partial charge in [0.1, 0.15) is 18.8 Å². The number of esters is 1. The monoisotopic (exact) mass is 795 g/mol. The third-order valence-corrected chi connectivity index (χ3v) is 9.59. The average Bonchev–Trinajstić information content (AvgIpc) is 3.55. The van der Waals surface area contributed by atoms with Gasteiger partial charge in [-0.25, -0.2) is 9.79 Å². The Balaban J connectivity index is 1.22. The number of carbonyl (C=O) groups is 2. The van der Waals surface area contributed by atoms with Crippen molar-refractivity contribution in [1.29, 1.82) is 0 Å². The fourth-order valence-electron chi connectivity index (χ4n) is 7.01. The maximum absolute atomic E-state index is 14.7. The number of aliphatic imine (C=N–C) groups is 1. The Morgan fingerprint density at radius 1 is 0.638 bits per heavy atom. The number of fused-ring (bicyclic) bond motifs is 3. The molecule has 5 atom stereocenters. The van der Waals surface area contributed by atoms with Crippen LogP contribution >= 0.6 is 0 Å². The summed E-state index contributed by atoms with van der Waals surface area (Å²) in [6, 6.07) is 40.9. The minimum absolute atomic E-state index is 0.0583.